The van der Waals surface area contributed by atoms with Crippen molar-refractivity contribution in [1.29, 1.82) is 0 Å². The van der Waals surface area contributed by atoms with Crippen LogP contribution in [0.4, 0.5) is 0 Å². The van der Waals surface area contributed by atoms with Crippen molar-refractivity contribution in [2.75, 3.05) is 33.7 Å². The average molecular weight is 460 g/mol. The highest BCUT2D eigenvalue weighted by molar-refractivity contribution is 5.91. The molecule has 0 radical (unpaired) electrons. The standard InChI is InChI=1S/C26H33N7O/c1-16(2)24-20-11-21(18-6-8-32(9-7-18)23(34)14-31(4)5)27-12-22(20)30-25(24)19-10-17(3)26-28-15-29-33(26)13-19/h10-13,15-16,18,30H,6-9,14H2,1-5H3. The van der Waals surface area contributed by atoms with Crippen LogP contribution >= 0.6 is 0 Å². The highest BCUT2D eigenvalue weighted by Gasteiger charge is 2.26. The van der Waals surface area contributed by atoms with Crippen molar-refractivity contribution in [3.8, 4) is 11.3 Å². The van der Waals surface area contributed by atoms with Gasteiger partial charge in [-0.1, -0.05) is 13.8 Å². The number of likely N-dealkylation sites (tertiary alicyclic amines) is 1. The molecule has 34 heavy (non-hydrogen) atoms. The van der Waals surface area contributed by atoms with Crippen molar-refractivity contribution in [3.05, 3.63) is 47.7 Å². The molecule has 8 nitrogen and oxygen atoms in total. The van der Waals surface area contributed by atoms with E-state index in [-0.39, 0.29) is 5.91 Å². The number of hydrogen-bond donors (Lipinski definition) is 1. The Morgan fingerprint density at radius 3 is 2.68 bits per heavy atom. The number of rotatable bonds is 5. The number of carbonyl (C=O) groups excluding carboxylic acids is 1. The fourth-order valence-corrected chi connectivity index (χ4v) is 5.21. The number of aromatic nitrogens is 5. The lowest BCUT2D eigenvalue weighted by Crippen LogP contribution is -2.42. The van der Waals surface area contributed by atoms with Crippen LogP contribution in [-0.4, -0.2) is 74.0 Å². The highest BCUT2D eigenvalue weighted by atomic mass is 16.2. The molecule has 0 aliphatic carbocycles. The van der Waals surface area contributed by atoms with Gasteiger partial charge in [-0.05, 0) is 63.0 Å². The molecule has 1 aliphatic rings. The van der Waals surface area contributed by atoms with Gasteiger partial charge in [-0.25, -0.2) is 9.50 Å². The zero-order valence-electron chi connectivity index (χ0n) is 20.7. The molecule has 5 rings (SSSR count). The molecule has 1 aliphatic heterocycles. The molecule has 0 aromatic carbocycles. The van der Waals surface area contributed by atoms with Gasteiger partial charge in [-0.15, -0.1) is 0 Å². The predicted molar refractivity (Wildman–Crippen MR) is 134 cm³/mol. The molecular formula is C26H33N7O. The van der Waals surface area contributed by atoms with Crippen LogP contribution in [0.15, 0.2) is 30.9 Å². The number of piperidine rings is 1. The van der Waals surface area contributed by atoms with E-state index in [4.69, 9.17) is 4.98 Å². The first-order chi connectivity index (χ1) is 16.3. The van der Waals surface area contributed by atoms with Crippen molar-refractivity contribution in [2.24, 2.45) is 0 Å². The third kappa shape index (κ3) is 4.07. The normalized spacial score (nSPS) is 15.3. The number of aryl methyl sites for hydroxylation is 1. The molecule has 4 aromatic rings. The minimum atomic E-state index is 0.212. The molecule has 0 bridgehead atoms. The first kappa shape index (κ1) is 22.5. The Labute approximate surface area is 200 Å². The van der Waals surface area contributed by atoms with Crippen molar-refractivity contribution >= 4 is 22.5 Å². The summed E-state index contributed by atoms with van der Waals surface area (Å²) < 4.78 is 1.84. The Morgan fingerprint density at radius 1 is 1.21 bits per heavy atom. The minimum Gasteiger partial charge on any atom is -0.353 e. The maximum atomic E-state index is 12.4. The van der Waals surface area contributed by atoms with Crippen LogP contribution in [0, 0.1) is 6.92 Å². The van der Waals surface area contributed by atoms with E-state index >= 15 is 0 Å². The van der Waals surface area contributed by atoms with Gasteiger partial charge in [0.05, 0.1) is 24.0 Å². The summed E-state index contributed by atoms with van der Waals surface area (Å²) in [7, 11) is 3.87. The maximum absolute atomic E-state index is 12.4. The fraction of sp³-hybridized carbons (Fsp3) is 0.462. The maximum Gasteiger partial charge on any atom is 0.236 e. The molecule has 0 spiro atoms. The lowest BCUT2D eigenvalue weighted by molar-refractivity contribution is -0.132. The molecule has 0 atom stereocenters. The topological polar surface area (TPSA) is 82.4 Å². The summed E-state index contributed by atoms with van der Waals surface area (Å²) >= 11 is 0. The van der Waals surface area contributed by atoms with E-state index in [0.29, 0.717) is 18.4 Å². The number of H-pyrrole nitrogens is 1. The van der Waals surface area contributed by atoms with Crippen molar-refractivity contribution in [2.45, 2.75) is 45.4 Å². The van der Waals surface area contributed by atoms with Crippen LogP contribution in [0.25, 0.3) is 27.8 Å². The fourth-order valence-electron chi connectivity index (χ4n) is 5.21. The summed E-state index contributed by atoms with van der Waals surface area (Å²) in [6.07, 6.45) is 7.52. The van der Waals surface area contributed by atoms with Gasteiger partial charge in [0.25, 0.3) is 0 Å². The molecule has 1 N–H and O–H groups in total. The van der Waals surface area contributed by atoms with Crippen LogP contribution in [-0.2, 0) is 4.79 Å². The zero-order valence-corrected chi connectivity index (χ0v) is 20.7. The molecule has 0 saturated carbocycles. The van der Waals surface area contributed by atoms with E-state index in [1.807, 2.05) is 40.8 Å². The van der Waals surface area contributed by atoms with E-state index in [2.05, 4.69) is 48.0 Å². The van der Waals surface area contributed by atoms with Crippen LogP contribution in [0.3, 0.4) is 0 Å². The second kappa shape index (κ2) is 8.83. The van der Waals surface area contributed by atoms with Crippen LogP contribution in [0.1, 0.15) is 55.3 Å². The number of pyridine rings is 2. The van der Waals surface area contributed by atoms with Crippen molar-refractivity contribution in [3.63, 3.8) is 0 Å². The van der Waals surface area contributed by atoms with E-state index in [0.717, 1.165) is 59.6 Å². The number of likely N-dealkylation sites (N-methyl/N-ethyl adjacent to an activating group) is 1. The Morgan fingerprint density at radius 2 is 1.97 bits per heavy atom. The lowest BCUT2D eigenvalue weighted by atomic mass is 9.91. The predicted octanol–water partition coefficient (Wildman–Crippen LogP) is 3.97. The summed E-state index contributed by atoms with van der Waals surface area (Å²) in [5, 5.41) is 5.59. The number of nitrogens with one attached hydrogen (secondary N) is 1. The summed E-state index contributed by atoms with van der Waals surface area (Å²) in [6.45, 7) is 8.61. The highest BCUT2D eigenvalue weighted by Crippen LogP contribution is 2.37. The second-order valence-corrected chi connectivity index (χ2v) is 10.1. The summed E-state index contributed by atoms with van der Waals surface area (Å²) in [5.74, 6) is 0.931. The molecule has 178 valence electrons. The average Bonchev–Trinajstić information content (AvgIpc) is 3.43. The molecule has 1 fully saturated rings. The van der Waals surface area contributed by atoms with Gasteiger partial charge in [0, 0.05) is 41.8 Å². The van der Waals surface area contributed by atoms with E-state index in [1.165, 1.54) is 10.9 Å². The smallest absolute Gasteiger partial charge is 0.236 e. The van der Waals surface area contributed by atoms with E-state index in [9.17, 15) is 4.79 Å². The molecule has 8 heteroatoms. The Balaban J connectivity index is 1.47. The first-order valence-electron chi connectivity index (χ1n) is 12.1. The number of hydrogen-bond acceptors (Lipinski definition) is 5. The number of nitrogens with zero attached hydrogens (tertiary/aromatic N) is 6. The minimum absolute atomic E-state index is 0.212. The van der Waals surface area contributed by atoms with Gasteiger partial charge in [0.1, 0.15) is 6.33 Å². The third-order valence-corrected chi connectivity index (χ3v) is 6.89. The van der Waals surface area contributed by atoms with Gasteiger partial charge in [-0.2, -0.15) is 5.10 Å². The Bertz CT molecular complexity index is 1340. The van der Waals surface area contributed by atoms with Gasteiger partial charge in [-0.3, -0.25) is 9.78 Å². The van der Waals surface area contributed by atoms with Crippen molar-refractivity contribution < 1.29 is 4.79 Å². The van der Waals surface area contributed by atoms with E-state index in [1.54, 1.807) is 6.33 Å². The third-order valence-electron chi connectivity index (χ3n) is 6.89. The number of aromatic amines is 1. The number of amides is 1. The van der Waals surface area contributed by atoms with Crippen LogP contribution in [0.5, 0.6) is 0 Å². The van der Waals surface area contributed by atoms with Gasteiger partial charge in [0.2, 0.25) is 5.91 Å². The zero-order chi connectivity index (χ0) is 24.0. The molecule has 5 heterocycles. The number of carbonyl (C=O) groups is 1. The van der Waals surface area contributed by atoms with Gasteiger partial charge in [0.15, 0.2) is 5.65 Å². The number of fused-ring (bicyclic) bond motifs is 2. The first-order valence-corrected chi connectivity index (χ1v) is 12.1. The lowest BCUT2D eigenvalue weighted by Gasteiger charge is -2.32. The Kier molecular flexibility index (Phi) is 5.85. The van der Waals surface area contributed by atoms with E-state index < -0.39 is 0 Å². The quantitative estimate of drug-likeness (QED) is 0.488. The summed E-state index contributed by atoms with van der Waals surface area (Å²) in [6, 6.07) is 4.45. The molecule has 4 aromatic heterocycles. The van der Waals surface area contributed by atoms with Crippen LogP contribution in [0.2, 0.25) is 0 Å². The summed E-state index contributed by atoms with van der Waals surface area (Å²) in [4.78, 5) is 29.2. The second-order valence-electron chi connectivity index (χ2n) is 10.1. The monoisotopic (exact) mass is 459 g/mol. The van der Waals surface area contributed by atoms with Gasteiger partial charge >= 0.3 is 0 Å². The molecule has 0 unspecified atom stereocenters. The molecule has 1 saturated heterocycles. The Hall–Kier alpha value is -3.26. The summed E-state index contributed by atoms with van der Waals surface area (Å²) in [5.41, 5.74) is 7.68. The SMILES string of the molecule is Cc1cc(-c2[nH]c3cnc(C4CCN(C(=O)CN(C)C)CC4)cc3c2C(C)C)cn2ncnc12. The van der Waals surface area contributed by atoms with Gasteiger partial charge < -0.3 is 14.8 Å². The van der Waals surface area contributed by atoms with Crippen molar-refractivity contribution in [1.82, 2.24) is 34.4 Å². The molecular weight excluding hydrogens is 426 g/mol. The van der Waals surface area contributed by atoms with Crippen LogP contribution < -0.4 is 0 Å². The largest absolute Gasteiger partial charge is 0.353 e. The molecule has 1 amide bonds.